The summed E-state index contributed by atoms with van der Waals surface area (Å²) in [5, 5.41) is 4.18. The van der Waals surface area contributed by atoms with Gasteiger partial charge >= 0.3 is 0 Å². The van der Waals surface area contributed by atoms with E-state index in [1.165, 1.54) is 0 Å². The normalized spacial score (nSPS) is 10.8. The molecule has 0 fully saturated rings. The van der Waals surface area contributed by atoms with Crippen LogP contribution in [0.1, 0.15) is 26.4 Å². The fraction of sp³-hybridized carbons (Fsp3) is 0.158. The summed E-state index contributed by atoms with van der Waals surface area (Å²) >= 11 is 6.38. The number of primary amides is 1. The van der Waals surface area contributed by atoms with Crippen LogP contribution in [0.25, 0.3) is 10.9 Å². The maximum absolute atomic E-state index is 12.5. The smallest absolute Gasteiger partial charge is 0.269 e. The minimum Gasteiger partial charge on any atom is -0.366 e. The lowest BCUT2D eigenvalue weighted by Gasteiger charge is -2.08. The van der Waals surface area contributed by atoms with Crippen LogP contribution in [0.15, 0.2) is 48.5 Å². The van der Waals surface area contributed by atoms with Gasteiger partial charge in [-0.2, -0.15) is 0 Å². The SMILES string of the molecule is Cn1c(C(=O)NCCc2cccc(C(N)=O)c2)c(Cl)c2ccccc21. The topological polar surface area (TPSA) is 77.1 Å². The Morgan fingerprint density at radius 3 is 2.64 bits per heavy atom. The zero-order valence-electron chi connectivity index (χ0n) is 13.8. The van der Waals surface area contributed by atoms with Crippen LogP contribution in [0, 0.1) is 0 Å². The van der Waals surface area contributed by atoms with Crippen LogP contribution in [-0.4, -0.2) is 22.9 Å². The van der Waals surface area contributed by atoms with E-state index in [0.29, 0.717) is 29.2 Å². The number of halogens is 1. The van der Waals surface area contributed by atoms with E-state index in [4.69, 9.17) is 17.3 Å². The molecule has 128 valence electrons. The predicted octanol–water partition coefficient (Wildman–Crippen LogP) is 2.90. The lowest BCUT2D eigenvalue weighted by Crippen LogP contribution is -2.27. The number of amides is 2. The minimum absolute atomic E-state index is 0.227. The van der Waals surface area contributed by atoms with Crippen molar-refractivity contribution in [2.24, 2.45) is 12.8 Å². The van der Waals surface area contributed by atoms with Crippen molar-refractivity contribution >= 4 is 34.3 Å². The van der Waals surface area contributed by atoms with Crippen LogP contribution in [0.5, 0.6) is 0 Å². The molecule has 0 saturated carbocycles. The molecule has 0 saturated heterocycles. The Hall–Kier alpha value is -2.79. The Kier molecular flexibility index (Phi) is 4.76. The molecule has 3 rings (SSSR count). The van der Waals surface area contributed by atoms with E-state index in [2.05, 4.69) is 5.32 Å². The fourth-order valence-corrected chi connectivity index (χ4v) is 3.26. The fourth-order valence-electron chi connectivity index (χ4n) is 2.88. The lowest BCUT2D eigenvalue weighted by atomic mass is 10.1. The van der Waals surface area contributed by atoms with E-state index in [0.717, 1.165) is 16.5 Å². The molecule has 0 aliphatic rings. The average molecular weight is 356 g/mol. The van der Waals surface area contributed by atoms with Gasteiger partial charge in [0.05, 0.1) is 5.02 Å². The molecule has 3 aromatic rings. The Balaban J connectivity index is 1.71. The summed E-state index contributed by atoms with van der Waals surface area (Å²) in [6, 6.07) is 14.7. The molecule has 0 radical (unpaired) electrons. The summed E-state index contributed by atoms with van der Waals surface area (Å²) in [6.07, 6.45) is 0.592. The summed E-state index contributed by atoms with van der Waals surface area (Å²) in [6.45, 7) is 0.429. The van der Waals surface area contributed by atoms with Gasteiger partial charge in [0.25, 0.3) is 5.91 Å². The van der Waals surface area contributed by atoms with E-state index in [1.54, 1.807) is 22.8 Å². The van der Waals surface area contributed by atoms with Crippen molar-refractivity contribution in [1.29, 1.82) is 0 Å². The first-order valence-corrected chi connectivity index (χ1v) is 8.26. The number of fused-ring (bicyclic) bond motifs is 1. The summed E-state index contributed by atoms with van der Waals surface area (Å²) in [5.74, 6) is -0.692. The average Bonchev–Trinajstić information content (AvgIpc) is 2.86. The Morgan fingerprint density at radius 2 is 1.92 bits per heavy atom. The first-order valence-electron chi connectivity index (χ1n) is 7.89. The predicted molar refractivity (Wildman–Crippen MR) is 98.9 cm³/mol. The van der Waals surface area contributed by atoms with Crippen LogP contribution in [0.3, 0.4) is 0 Å². The highest BCUT2D eigenvalue weighted by atomic mass is 35.5. The van der Waals surface area contributed by atoms with Crippen molar-refractivity contribution in [3.05, 3.63) is 70.4 Å². The van der Waals surface area contributed by atoms with E-state index < -0.39 is 5.91 Å². The number of rotatable bonds is 5. The van der Waals surface area contributed by atoms with Gasteiger partial charge in [-0.05, 0) is 30.2 Å². The molecule has 0 unspecified atom stereocenters. The van der Waals surface area contributed by atoms with Crippen LogP contribution in [-0.2, 0) is 13.5 Å². The molecule has 2 aromatic carbocycles. The molecule has 0 bridgehead atoms. The van der Waals surface area contributed by atoms with Gasteiger partial charge in [-0.1, -0.05) is 41.9 Å². The molecule has 6 heteroatoms. The molecule has 0 spiro atoms. The molecular weight excluding hydrogens is 338 g/mol. The first kappa shape index (κ1) is 17.0. The van der Waals surface area contributed by atoms with Crippen LogP contribution < -0.4 is 11.1 Å². The van der Waals surface area contributed by atoms with Gasteiger partial charge in [0.1, 0.15) is 5.69 Å². The Bertz CT molecular complexity index is 923. The molecule has 0 aliphatic carbocycles. The number of nitrogens with one attached hydrogen (secondary N) is 1. The van der Waals surface area contributed by atoms with E-state index in [9.17, 15) is 9.59 Å². The number of para-hydroxylation sites is 1. The summed E-state index contributed by atoms with van der Waals surface area (Å²) in [7, 11) is 1.82. The van der Waals surface area contributed by atoms with Crippen molar-refractivity contribution in [2.75, 3.05) is 6.54 Å². The minimum atomic E-state index is -0.465. The third kappa shape index (κ3) is 3.37. The number of hydrogen-bond donors (Lipinski definition) is 2. The quantitative estimate of drug-likeness (QED) is 0.738. The van der Waals surface area contributed by atoms with Crippen molar-refractivity contribution < 1.29 is 9.59 Å². The van der Waals surface area contributed by atoms with E-state index in [1.807, 2.05) is 37.4 Å². The summed E-state index contributed by atoms with van der Waals surface area (Å²) in [4.78, 5) is 23.7. The number of aromatic nitrogens is 1. The van der Waals surface area contributed by atoms with Crippen LogP contribution in [0.4, 0.5) is 0 Å². The second-order valence-corrected chi connectivity index (χ2v) is 6.19. The lowest BCUT2D eigenvalue weighted by molar-refractivity contribution is 0.0945. The number of benzene rings is 2. The van der Waals surface area contributed by atoms with Crippen molar-refractivity contribution in [3.8, 4) is 0 Å². The zero-order valence-corrected chi connectivity index (χ0v) is 14.5. The number of aryl methyl sites for hydroxylation is 1. The van der Waals surface area contributed by atoms with Gasteiger partial charge in [-0.3, -0.25) is 9.59 Å². The van der Waals surface area contributed by atoms with E-state index >= 15 is 0 Å². The second kappa shape index (κ2) is 6.99. The largest absolute Gasteiger partial charge is 0.366 e. The molecule has 5 nitrogen and oxygen atoms in total. The maximum atomic E-state index is 12.5. The molecule has 0 atom stereocenters. The number of nitrogens with two attached hydrogens (primary N) is 1. The van der Waals surface area contributed by atoms with Crippen molar-refractivity contribution in [3.63, 3.8) is 0 Å². The molecule has 1 heterocycles. The van der Waals surface area contributed by atoms with Crippen molar-refractivity contribution in [1.82, 2.24) is 9.88 Å². The van der Waals surface area contributed by atoms with Crippen LogP contribution >= 0.6 is 11.6 Å². The number of carbonyl (C=O) groups excluding carboxylic acids is 2. The van der Waals surface area contributed by atoms with Gasteiger partial charge in [0, 0.05) is 30.1 Å². The molecule has 0 aliphatic heterocycles. The maximum Gasteiger partial charge on any atom is 0.269 e. The molecule has 2 amide bonds. The Labute approximate surface area is 150 Å². The van der Waals surface area contributed by atoms with Crippen molar-refractivity contribution in [2.45, 2.75) is 6.42 Å². The standard InChI is InChI=1S/C19H18ClN3O2/c1-23-15-8-3-2-7-14(15)16(20)17(23)19(25)22-10-9-12-5-4-6-13(11-12)18(21)24/h2-8,11H,9-10H2,1H3,(H2,21,24)(H,22,25). The second-order valence-electron chi connectivity index (χ2n) is 5.81. The highest BCUT2D eigenvalue weighted by Gasteiger charge is 2.19. The van der Waals surface area contributed by atoms with Gasteiger partial charge in [0.15, 0.2) is 0 Å². The molecule has 3 N–H and O–H groups in total. The zero-order chi connectivity index (χ0) is 18.0. The number of nitrogens with zero attached hydrogens (tertiary/aromatic N) is 1. The molecule has 1 aromatic heterocycles. The summed E-state index contributed by atoms with van der Waals surface area (Å²) in [5.41, 5.74) is 8.02. The molecular formula is C19H18ClN3O2. The van der Waals surface area contributed by atoms with Gasteiger partial charge < -0.3 is 15.6 Å². The van der Waals surface area contributed by atoms with Gasteiger partial charge in [-0.25, -0.2) is 0 Å². The first-order chi connectivity index (χ1) is 12.0. The molecule has 25 heavy (non-hydrogen) atoms. The number of hydrogen-bond acceptors (Lipinski definition) is 2. The van der Waals surface area contributed by atoms with Gasteiger partial charge in [-0.15, -0.1) is 0 Å². The van der Waals surface area contributed by atoms with Gasteiger partial charge in [0.2, 0.25) is 5.91 Å². The third-order valence-corrected chi connectivity index (χ3v) is 4.55. The Morgan fingerprint density at radius 1 is 1.16 bits per heavy atom. The monoisotopic (exact) mass is 355 g/mol. The highest BCUT2D eigenvalue weighted by molar-refractivity contribution is 6.38. The third-order valence-electron chi connectivity index (χ3n) is 4.17. The summed E-state index contributed by atoms with van der Waals surface area (Å²) < 4.78 is 1.79. The van der Waals surface area contributed by atoms with E-state index in [-0.39, 0.29) is 5.91 Å². The number of carbonyl (C=O) groups is 2. The van der Waals surface area contributed by atoms with Crippen LogP contribution in [0.2, 0.25) is 5.02 Å². The highest BCUT2D eigenvalue weighted by Crippen LogP contribution is 2.29.